The largest absolute Gasteiger partial charge is 0.337 e. The molecule has 1 N–H and O–H groups in total. The zero-order valence-electron chi connectivity index (χ0n) is 9.71. The molecule has 0 spiro atoms. The molecule has 0 radical (unpaired) electrons. The van der Waals surface area contributed by atoms with Crippen molar-refractivity contribution in [2.75, 3.05) is 6.54 Å². The van der Waals surface area contributed by atoms with Gasteiger partial charge in [-0.25, -0.2) is 0 Å². The van der Waals surface area contributed by atoms with Gasteiger partial charge in [0.15, 0.2) is 5.82 Å². The van der Waals surface area contributed by atoms with Crippen LogP contribution in [0.1, 0.15) is 45.3 Å². The van der Waals surface area contributed by atoms with Crippen LogP contribution in [-0.4, -0.2) is 16.7 Å². The maximum Gasteiger partial charge on any atom is 0.246 e. The van der Waals surface area contributed by atoms with E-state index >= 15 is 0 Å². The van der Waals surface area contributed by atoms with Gasteiger partial charge in [0.25, 0.3) is 0 Å². The fourth-order valence-electron chi connectivity index (χ4n) is 2.00. The van der Waals surface area contributed by atoms with E-state index in [1.165, 1.54) is 6.42 Å². The lowest BCUT2D eigenvalue weighted by atomic mass is 10.0. The first-order valence-corrected chi connectivity index (χ1v) is 5.68. The number of aromatic nitrogens is 2. The molecule has 0 aliphatic carbocycles. The number of rotatable bonds is 3. The van der Waals surface area contributed by atoms with E-state index < -0.39 is 0 Å². The Morgan fingerprint density at radius 2 is 2.33 bits per heavy atom. The molecule has 15 heavy (non-hydrogen) atoms. The molecule has 0 bridgehead atoms. The van der Waals surface area contributed by atoms with Crippen molar-refractivity contribution in [1.29, 1.82) is 0 Å². The van der Waals surface area contributed by atoms with E-state index in [0.29, 0.717) is 5.92 Å². The Morgan fingerprint density at radius 3 is 2.93 bits per heavy atom. The van der Waals surface area contributed by atoms with Crippen molar-refractivity contribution >= 4 is 0 Å². The highest BCUT2D eigenvalue weighted by molar-refractivity contribution is 5.04. The van der Waals surface area contributed by atoms with E-state index in [0.717, 1.165) is 31.1 Å². The molecule has 4 heteroatoms. The summed E-state index contributed by atoms with van der Waals surface area (Å²) in [7, 11) is 0. The smallest absolute Gasteiger partial charge is 0.246 e. The number of hydrogen-bond donors (Lipinski definition) is 1. The summed E-state index contributed by atoms with van der Waals surface area (Å²) in [5.41, 5.74) is -0.0950. The maximum absolute atomic E-state index is 5.33. The highest BCUT2D eigenvalue weighted by Gasteiger charge is 2.35. The van der Waals surface area contributed by atoms with Crippen LogP contribution in [-0.2, 0) is 12.0 Å². The highest BCUT2D eigenvalue weighted by Crippen LogP contribution is 2.28. The zero-order valence-corrected chi connectivity index (χ0v) is 9.71. The lowest BCUT2D eigenvalue weighted by molar-refractivity contribution is 0.274. The molecular formula is C11H19N3O. The summed E-state index contributed by atoms with van der Waals surface area (Å²) in [6.45, 7) is 7.49. The second-order valence-electron chi connectivity index (χ2n) is 4.98. The fourth-order valence-corrected chi connectivity index (χ4v) is 2.00. The van der Waals surface area contributed by atoms with Gasteiger partial charge in [-0.15, -0.1) is 0 Å². The number of nitrogens with one attached hydrogen (secondary N) is 1. The Labute approximate surface area is 90.4 Å². The second-order valence-corrected chi connectivity index (χ2v) is 4.98. The molecule has 0 aromatic carbocycles. The van der Waals surface area contributed by atoms with Crippen LogP contribution < -0.4 is 5.32 Å². The molecule has 84 valence electrons. The first-order valence-electron chi connectivity index (χ1n) is 5.68. The van der Waals surface area contributed by atoms with Gasteiger partial charge in [0, 0.05) is 6.42 Å². The Hall–Kier alpha value is -0.900. The van der Waals surface area contributed by atoms with Crippen LogP contribution in [0.25, 0.3) is 0 Å². The molecule has 1 aromatic rings. The van der Waals surface area contributed by atoms with Gasteiger partial charge in [-0.3, -0.25) is 0 Å². The fraction of sp³-hybridized carbons (Fsp3) is 0.818. The van der Waals surface area contributed by atoms with Crippen LogP contribution in [0, 0.1) is 5.92 Å². The summed E-state index contributed by atoms with van der Waals surface area (Å²) >= 11 is 0. The molecule has 4 nitrogen and oxygen atoms in total. The zero-order chi connectivity index (χ0) is 10.9. The summed E-state index contributed by atoms with van der Waals surface area (Å²) in [5.74, 6) is 2.14. The standard InChI is InChI=1S/C11H19N3O/c1-8(2)7-9-13-10(15-14-9)11(3)5-4-6-12-11/h8,12H,4-7H2,1-3H3. The van der Waals surface area contributed by atoms with Crippen LogP contribution in [0.5, 0.6) is 0 Å². The number of nitrogens with zero attached hydrogens (tertiary/aromatic N) is 2. The molecule has 2 heterocycles. The van der Waals surface area contributed by atoms with E-state index in [4.69, 9.17) is 4.52 Å². The first-order chi connectivity index (χ1) is 7.10. The quantitative estimate of drug-likeness (QED) is 0.825. The molecule has 0 saturated carbocycles. The maximum atomic E-state index is 5.33. The van der Waals surface area contributed by atoms with Crippen molar-refractivity contribution in [1.82, 2.24) is 15.5 Å². The molecule has 1 aliphatic heterocycles. The van der Waals surface area contributed by atoms with Crippen LogP contribution in [0.4, 0.5) is 0 Å². The minimum atomic E-state index is -0.0950. The normalized spacial score (nSPS) is 26.4. The molecule has 0 amide bonds. The predicted molar refractivity (Wildman–Crippen MR) is 57.4 cm³/mol. The van der Waals surface area contributed by atoms with Crippen molar-refractivity contribution in [2.45, 2.75) is 45.6 Å². The molecule has 1 saturated heterocycles. The van der Waals surface area contributed by atoms with Gasteiger partial charge in [-0.2, -0.15) is 4.98 Å². The summed E-state index contributed by atoms with van der Waals surface area (Å²) in [6.07, 6.45) is 3.15. The van der Waals surface area contributed by atoms with E-state index in [1.54, 1.807) is 0 Å². The van der Waals surface area contributed by atoms with Crippen LogP contribution >= 0.6 is 0 Å². The number of hydrogen-bond acceptors (Lipinski definition) is 4. The van der Waals surface area contributed by atoms with Gasteiger partial charge in [0.1, 0.15) is 0 Å². The van der Waals surface area contributed by atoms with Gasteiger partial charge in [0.05, 0.1) is 5.54 Å². The molecule has 1 unspecified atom stereocenters. The average Bonchev–Trinajstić information content (AvgIpc) is 2.74. The molecule has 1 atom stereocenters. The minimum Gasteiger partial charge on any atom is -0.337 e. The van der Waals surface area contributed by atoms with Gasteiger partial charge in [-0.1, -0.05) is 19.0 Å². The SMILES string of the molecule is CC(C)Cc1noc(C2(C)CCCN2)n1. The Bertz CT molecular complexity index is 326. The van der Waals surface area contributed by atoms with Crippen LogP contribution in [0.3, 0.4) is 0 Å². The van der Waals surface area contributed by atoms with E-state index in [9.17, 15) is 0 Å². The van der Waals surface area contributed by atoms with Crippen LogP contribution in [0.15, 0.2) is 4.52 Å². The lowest BCUT2D eigenvalue weighted by Gasteiger charge is -2.18. The highest BCUT2D eigenvalue weighted by atomic mass is 16.5. The minimum absolute atomic E-state index is 0.0950. The third-order valence-corrected chi connectivity index (χ3v) is 2.90. The second kappa shape index (κ2) is 3.93. The summed E-state index contributed by atoms with van der Waals surface area (Å²) in [6, 6.07) is 0. The lowest BCUT2D eigenvalue weighted by Crippen LogP contribution is -2.33. The molecule has 2 rings (SSSR count). The first kappa shape index (κ1) is 10.6. The predicted octanol–water partition coefficient (Wildman–Crippen LogP) is 1.87. The topological polar surface area (TPSA) is 51.0 Å². The van der Waals surface area contributed by atoms with Crippen molar-refractivity contribution in [2.24, 2.45) is 5.92 Å². The Morgan fingerprint density at radius 1 is 1.53 bits per heavy atom. The van der Waals surface area contributed by atoms with Crippen LogP contribution in [0.2, 0.25) is 0 Å². The monoisotopic (exact) mass is 209 g/mol. The van der Waals surface area contributed by atoms with Gasteiger partial charge < -0.3 is 9.84 Å². The summed E-state index contributed by atoms with van der Waals surface area (Å²) in [5, 5.41) is 7.44. The van der Waals surface area contributed by atoms with Gasteiger partial charge >= 0.3 is 0 Å². The average molecular weight is 209 g/mol. The van der Waals surface area contributed by atoms with Crippen molar-refractivity contribution in [3.8, 4) is 0 Å². The van der Waals surface area contributed by atoms with Crippen molar-refractivity contribution in [3.05, 3.63) is 11.7 Å². The molecule has 1 aromatic heterocycles. The molecule has 1 fully saturated rings. The van der Waals surface area contributed by atoms with Crippen molar-refractivity contribution in [3.63, 3.8) is 0 Å². The summed E-state index contributed by atoms with van der Waals surface area (Å²) < 4.78 is 5.33. The van der Waals surface area contributed by atoms with E-state index in [2.05, 4.69) is 36.2 Å². The van der Waals surface area contributed by atoms with Gasteiger partial charge in [-0.05, 0) is 32.2 Å². The van der Waals surface area contributed by atoms with Crippen molar-refractivity contribution < 1.29 is 4.52 Å². The molecular weight excluding hydrogens is 190 g/mol. The third-order valence-electron chi connectivity index (χ3n) is 2.90. The van der Waals surface area contributed by atoms with E-state index in [1.807, 2.05) is 0 Å². The molecule has 1 aliphatic rings. The Balaban J connectivity index is 2.12. The Kier molecular flexibility index (Phi) is 2.78. The van der Waals surface area contributed by atoms with E-state index in [-0.39, 0.29) is 5.54 Å². The summed E-state index contributed by atoms with van der Waals surface area (Å²) in [4.78, 5) is 4.46. The third kappa shape index (κ3) is 2.20. The van der Waals surface area contributed by atoms with Gasteiger partial charge in [0.2, 0.25) is 5.89 Å².